The smallest absolute Gasteiger partial charge is 0.337 e. The van der Waals surface area contributed by atoms with Crippen molar-refractivity contribution in [1.29, 1.82) is 0 Å². The lowest BCUT2D eigenvalue weighted by atomic mass is 10.0. The lowest BCUT2D eigenvalue weighted by molar-refractivity contribution is -0.323. The molecule has 5 nitrogen and oxygen atoms in total. The Labute approximate surface area is 160 Å². The van der Waals surface area contributed by atoms with Gasteiger partial charge in [-0.05, 0) is 32.0 Å². The second-order valence-corrected chi connectivity index (χ2v) is 16.4. The van der Waals surface area contributed by atoms with Crippen LogP contribution in [0.25, 0.3) is 0 Å². The zero-order valence-corrected chi connectivity index (χ0v) is 18.8. The summed E-state index contributed by atoms with van der Waals surface area (Å²) in [6, 6.07) is 0. The van der Waals surface area contributed by atoms with Crippen LogP contribution in [-0.4, -0.2) is 60.6 Å². The van der Waals surface area contributed by atoms with E-state index in [9.17, 15) is 4.79 Å². The number of hydrogen-bond acceptors (Lipinski definition) is 7. The van der Waals surface area contributed by atoms with E-state index in [-0.39, 0.29) is 21.7 Å². The van der Waals surface area contributed by atoms with Crippen molar-refractivity contribution < 1.29 is 23.4 Å². The van der Waals surface area contributed by atoms with Crippen LogP contribution >= 0.6 is 23.5 Å². The molecule has 0 radical (unpaired) electrons. The Bertz CT molecular complexity index is 528. The molecule has 0 unspecified atom stereocenters. The van der Waals surface area contributed by atoms with E-state index in [0.29, 0.717) is 0 Å². The van der Waals surface area contributed by atoms with Gasteiger partial charge in [-0.2, -0.15) is 0 Å². The molecular weight excluding hydrogens is 376 g/mol. The first-order chi connectivity index (χ1) is 11.4. The van der Waals surface area contributed by atoms with Crippen molar-refractivity contribution in [3.63, 3.8) is 0 Å². The fourth-order valence-electron chi connectivity index (χ4n) is 3.09. The van der Waals surface area contributed by atoms with Gasteiger partial charge in [-0.15, -0.1) is 23.5 Å². The Balaban J connectivity index is 1.84. The van der Waals surface area contributed by atoms with Crippen molar-refractivity contribution in [3.05, 3.63) is 0 Å². The Morgan fingerprint density at radius 2 is 1.64 bits per heavy atom. The number of fused-ring (bicyclic) bond motifs is 1. The van der Waals surface area contributed by atoms with E-state index in [4.69, 9.17) is 18.6 Å². The van der Waals surface area contributed by atoms with Gasteiger partial charge in [0.15, 0.2) is 26.3 Å². The molecule has 0 bridgehead atoms. The molecule has 25 heavy (non-hydrogen) atoms. The quantitative estimate of drug-likeness (QED) is 0.524. The largest absolute Gasteiger partial charge is 0.455 e. The second-order valence-electron chi connectivity index (χ2n) is 8.87. The highest BCUT2D eigenvalue weighted by molar-refractivity contribution is 8.20. The van der Waals surface area contributed by atoms with Crippen LogP contribution < -0.4 is 0 Å². The normalized spacial score (nSPS) is 36.4. The molecule has 0 aromatic heterocycles. The lowest BCUT2D eigenvalue weighted by Crippen LogP contribution is -2.59. The number of hydrogen-bond donors (Lipinski definition) is 0. The summed E-state index contributed by atoms with van der Waals surface area (Å²) in [5, 5.41) is 0.0165. The van der Waals surface area contributed by atoms with Gasteiger partial charge in [-0.25, -0.2) is 4.79 Å². The summed E-state index contributed by atoms with van der Waals surface area (Å²) in [7, 11) is -2.12. The van der Waals surface area contributed by atoms with E-state index >= 15 is 0 Å². The first-order valence-electron chi connectivity index (χ1n) is 8.88. The van der Waals surface area contributed by atoms with Crippen LogP contribution in [0.1, 0.15) is 34.6 Å². The van der Waals surface area contributed by atoms with Gasteiger partial charge in [0.25, 0.3) is 0 Å². The van der Waals surface area contributed by atoms with Crippen LogP contribution in [-0.2, 0) is 23.4 Å². The van der Waals surface area contributed by atoms with Crippen LogP contribution in [0.4, 0.5) is 0 Å². The number of thioether (sulfide) groups is 2. The molecule has 0 aromatic rings. The van der Waals surface area contributed by atoms with E-state index in [1.807, 2.05) is 37.4 Å². The minimum Gasteiger partial charge on any atom is -0.455 e. The van der Waals surface area contributed by atoms with Crippen LogP contribution in [0.2, 0.25) is 18.1 Å². The molecule has 3 aliphatic rings. The molecular formula is C17H30O5S2Si. The molecule has 0 spiro atoms. The maximum atomic E-state index is 12.6. The van der Waals surface area contributed by atoms with Gasteiger partial charge in [0.1, 0.15) is 12.2 Å². The summed E-state index contributed by atoms with van der Waals surface area (Å²) in [4.78, 5) is 12.6. The fourth-order valence-corrected chi connectivity index (χ4v) is 7.31. The molecule has 4 atom stereocenters. The van der Waals surface area contributed by atoms with Crippen LogP contribution in [0.5, 0.6) is 0 Å². The van der Waals surface area contributed by atoms with Gasteiger partial charge in [-0.1, -0.05) is 20.8 Å². The third-order valence-corrected chi connectivity index (χ3v) is 13.0. The van der Waals surface area contributed by atoms with Gasteiger partial charge in [0, 0.05) is 11.5 Å². The maximum Gasteiger partial charge on any atom is 0.337 e. The standard InChI is InChI=1S/C17H30O5S2Si/c1-16(2,3)25(6,7)22-12-11-10(19-14(12)18)13(15-23-8-9-24-15)21-17(4,5)20-11/h10-13,15H,8-9H2,1-7H3/t10-,11-,12+,13+/m1/s1. The fraction of sp³-hybridized carbons (Fsp3) is 0.941. The highest BCUT2D eigenvalue weighted by Crippen LogP contribution is 2.46. The van der Waals surface area contributed by atoms with Crippen molar-refractivity contribution in [2.75, 3.05) is 11.5 Å². The summed E-state index contributed by atoms with van der Waals surface area (Å²) in [6.45, 7) is 14.6. The molecule has 3 rings (SSSR count). The molecule has 0 saturated carbocycles. The zero-order chi connectivity index (χ0) is 18.6. The number of esters is 1. The van der Waals surface area contributed by atoms with Crippen LogP contribution in [0.3, 0.4) is 0 Å². The van der Waals surface area contributed by atoms with Gasteiger partial charge < -0.3 is 18.6 Å². The van der Waals surface area contributed by atoms with Crippen molar-refractivity contribution in [1.82, 2.24) is 0 Å². The van der Waals surface area contributed by atoms with Gasteiger partial charge >= 0.3 is 5.97 Å². The monoisotopic (exact) mass is 406 g/mol. The molecule has 3 fully saturated rings. The summed E-state index contributed by atoms with van der Waals surface area (Å²) in [6.07, 6.45) is -1.62. The van der Waals surface area contributed by atoms with Gasteiger partial charge in [0.2, 0.25) is 0 Å². The van der Waals surface area contributed by atoms with Crippen molar-refractivity contribution in [2.24, 2.45) is 0 Å². The zero-order valence-electron chi connectivity index (χ0n) is 16.2. The minimum absolute atomic E-state index is 0.0165. The lowest BCUT2D eigenvalue weighted by Gasteiger charge is -2.45. The van der Waals surface area contributed by atoms with E-state index in [1.165, 1.54) is 0 Å². The number of ether oxygens (including phenoxy) is 3. The third-order valence-electron chi connectivity index (χ3n) is 5.41. The molecule has 3 heterocycles. The van der Waals surface area contributed by atoms with E-state index in [0.717, 1.165) is 11.5 Å². The Morgan fingerprint density at radius 1 is 1.08 bits per heavy atom. The van der Waals surface area contributed by atoms with Crippen molar-refractivity contribution in [3.8, 4) is 0 Å². The average molecular weight is 407 g/mol. The Kier molecular flexibility index (Phi) is 5.37. The van der Waals surface area contributed by atoms with E-state index in [1.54, 1.807) is 0 Å². The van der Waals surface area contributed by atoms with E-state index in [2.05, 4.69) is 33.9 Å². The highest BCUT2D eigenvalue weighted by atomic mass is 32.2. The number of rotatable bonds is 3. The summed E-state index contributed by atoms with van der Waals surface area (Å²) in [5.41, 5.74) is 0. The third kappa shape index (κ3) is 3.94. The molecule has 0 aromatic carbocycles. The summed E-state index contributed by atoms with van der Waals surface area (Å²) in [5.74, 6) is 1.15. The summed E-state index contributed by atoms with van der Waals surface area (Å²) >= 11 is 3.75. The highest BCUT2D eigenvalue weighted by Gasteiger charge is 2.60. The van der Waals surface area contributed by atoms with E-state index < -0.39 is 32.4 Å². The molecule has 144 valence electrons. The first kappa shape index (κ1) is 20.0. The van der Waals surface area contributed by atoms with Gasteiger partial charge in [-0.3, -0.25) is 0 Å². The summed E-state index contributed by atoms with van der Waals surface area (Å²) < 4.78 is 24.7. The first-order valence-corrected chi connectivity index (χ1v) is 13.9. The van der Waals surface area contributed by atoms with Gasteiger partial charge in [0.05, 0.1) is 4.58 Å². The predicted octanol–water partition coefficient (Wildman–Crippen LogP) is 3.63. The number of carbonyl (C=O) groups is 1. The predicted molar refractivity (Wildman–Crippen MR) is 104 cm³/mol. The van der Waals surface area contributed by atoms with Crippen LogP contribution in [0, 0.1) is 0 Å². The van der Waals surface area contributed by atoms with Crippen LogP contribution in [0.15, 0.2) is 0 Å². The molecule has 3 saturated heterocycles. The second kappa shape index (κ2) is 6.70. The van der Waals surface area contributed by atoms with Crippen molar-refractivity contribution in [2.45, 2.75) is 87.5 Å². The SMILES string of the molecule is CC1(C)O[C@@H]2[C@@H](OC(=O)[C@H]2O[Si](C)(C)C(C)(C)C)[C@@H](C2SCCS2)O1. The molecule has 0 aliphatic carbocycles. The molecule has 0 amide bonds. The topological polar surface area (TPSA) is 54.0 Å². The molecule has 0 N–H and O–H groups in total. The number of carbonyl (C=O) groups excluding carboxylic acids is 1. The molecule has 8 heteroatoms. The average Bonchev–Trinajstić information content (AvgIpc) is 3.06. The van der Waals surface area contributed by atoms with Crippen molar-refractivity contribution >= 4 is 37.8 Å². The minimum atomic E-state index is -2.12. The Morgan fingerprint density at radius 3 is 2.20 bits per heavy atom. The maximum absolute atomic E-state index is 12.6. The molecule has 3 aliphatic heterocycles. The Hall–Kier alpha value is 0.267.